The van der Waals surface area contributed by atoms with E-state index >= 15 is 0 Å². The van der Waals surface area contributed by atoms with E-state index in [2.05, 4.69) is 0 Å². The van der Waals surface area contributed by atoms with E-state index in [4.69, 9.17) is 16.3 Å². The Morgan fingerprint density at radius 3 is 2.41 bits per heavy atom. The third-order valence-electron chi connectivity index (χ3n) is 5.04. The van der Waals surface area contributed by atoms with Crippen LogP contribution in [0.5, 0.6) is 0 Å². The zero-order valence-electron chi connectivity index (χ0n) is 14.6. The van der Waals surface area contributed by atoms with Crippen molar-refractivity contribution < 1.29 is 19.1 Å². The molecule has 2 aromatic carbocycles. The predicted molar refractivity (Wildman–Crippen MR) is 101 cm³/mol. The number of carbonyl (C=O) groups is 3. The van der Waals surface area contributed by atoms with Crippen molar-refractivity contribution >= 4 is 35.1 Å². The van der Waals surface area contributed by atoms with Gasteiger partial charge in [0.2, 0.25) is 0 Å². The number of rotatable bonds is 3. The molecule has 0 aromatic heterocycles. The van der Waals surface area contributed by atoms with Gasteiger partial charge in [-0.25, -0.2) is 9.69 Å². The fourth-order valence-electron chi connectivity index (χ4n) is 3.62. The number of hydrogen-bond acceptors (Lipinski definition) is 4. The second kappa shape index (κ2) is 7.16. The van der Waals surface area contributed by atoms with Gasteiger partial charge in [-0.1, -0.05) is 30.2 Å². The van der Waals surface area contributed by atoms with Crippen LogP contribution in [0.1, 0.15) is 63.2 Å². The number of hydrogen-bond donors (Lipinski definition) is 0. The molecule has 1 aliphatic carbocycles. The summed E-state index contributed by atoms with van der Waals surface area (Å²) in [5, 5.41) is 0.309. The van der Waals surface area contributed by atoms with Crippen molar-refractivity contribution in [3.8, 4) is 0 Å². The van der Waals surface area contributed by atoms with Crippen LogP contribution in [0.3, 0.4) is 0 Å². The average Bonchev–Trinajstić information content (AvgIpc) is 2.93. The molecule has 0 unspecified atom stereocenters. The van der Waals surface area contributed by atoms with Gasteiger partial charge >= 0.3 is 5.97 Å². The number of halogens is 1. The van der Waals surface area contributed by atoms with Crippen LogP contribution in [-0.4, -0.2) is 23.9 Å². The molecule has 2 aliphatic rings. The van der Waals surface area contributed by atoms with E-state index in [1.165, 1.54) is 24.6 Å². The maximum atomic E-state index is 12.8. The summed E-state index contributed by atoms with van der Waals surface area (Å²) >= 11 is 6.15. The first-order valence-electron chi connectivity index (χ1n) is 9.04. The van der Waals surface area contributed by atoms with Gasteiger partial charge in [0.05, 0.1) is 27.4 Å². The van der Waals surface area contributed by atoms with Gasteiger partial charge in [-0.05, 0) is 56.0 Å². The minimum Gasteiger partial charge on any atom is -0.459 e. The number of amides is 2. The number of nitrogens with zero attached hydrogens (tertiary/aromatic N) is 1. The highest BCUT2D eigenvalue weighted by Gasteiger charge is 2.38. The van der Waals surface area contributed by atoms with E-state index in [9.17, 15) is 14.4 Å². The molecule has 1 heterocycles. The van der Waals surface area contributed by atoms with Gasteiger partial charge in [0.1, 0.15) is 6.10 Å². The lowest BCUT2D eigenvalue weighted by Crippen LogP contribution is -2.29. The van der Waals surface area contributed by atoms with Crippen LogP contribution in [0.15, 0.2) is 42.5 Å². The van der Waals surface area contributed by atoms with Crippen LogP contribution in [0.2, 0.25) is 5.02 Å². The zero-order valence-corrected chi connectivity index (χ0v) is 15.4. The van der Waals surface area contributed by atoms with Crippen LogP contribution in [0.4, 0.5) is 5.69 Å². The lowest BCUT2D eigenvalue weighted by molar-refractivity contribution is 0.0211. The van der Waals surface area contributed by atoms with Crippen molar-refractivity contribution in [2.75, 3.05) is 4.90 Å². The minimum atomic E-state index is -0.490. The lowest BCUT2D eigenvalue weighted by atomic mass is 9.97. The summed E-state index contributed by atoms with van der Waals surface area (Å²) in [7, 11) is 0. The number of ether oxygens (including phenoxy) is 1. The Labute approximate surface area is 161 Å². The quantitative estimate of drug-likeness (QED) is 0.572. The van der Waals surface area contributed by atoms with E-state index in [0.29, 0.717) is 10.7 Å². The number of esters is 1. The number of fused-ring (bicyclic) bond motifs is 1. The molecule has 2 amide bonds. The summed E-state index contributed by atoms with van der Waals surface area (Å²) < 4.78 is 5.56. The molecular formula is C21H18ClNO4. The average molecular weight is 384 g/mol. The van der Waals surface area contributed by atoms with Crippen LogP contribution >= 0.6 is 11.6 Å². The highest BCUT2D eigenvalue weighted by atomic mass is 35.5. The smallest absolute Gasteiger partial charge is 0.338 e. The first-order chi connectivity index (χ1) is 13.1. The summed E-state index contributed by atoms with van der Waals surface area (Å²) in [6.45, 7) is 0. The predicted octanol–water partition coefficient (Wildman–Crippen LogP) is 4.63. The first-order valence-corrected chi connectivity index (χ1v) is 9.42. The molecule has 27 heavy (non-hydrogen) atoms. The fraction of sp³-hybridized carbons (Fsp3) is 0.286. The minimum absolute atomic E-state index is 0.0727. The molecule has 0 bridgehead atoms. The van der Waals surface area contributed by atoms with Crippen molar-refractivity contribution in [1.29, 1.82) is 0 Å². The standard InChI is InChI=1S/C21H18ClNO4/c22-17-8-4-5-9-18(17)23-19(24)15-11-10-13(12-16(15)20(23)25)21(26)27-14-6-2-1-3-7-14/h4-5,8-12,14H,1-3,6-7H2. The second-order valence-corrected chi connectivity index (χ2v) is 7.23. The Bertz CT molecular complexity index is 934. The van der Waals surface area contributed by atoms with Crippen molar-refractivity contribution in [3.63, 3.8) is 0 Å². The Morgan fingerprint density at radius 2 is 1.67 bits per heavy atom. The molecule has 6 heteroatoms. The Morgan fingerprint density at radius 1 is 0.963 bits per heavy atom. The third-order valence-corrected chi connectivity index (χ3v) is 5.36. The largest absolute Gasteiger partial charge is 0.459 e. The molecule has 1 aliphatic heterocycles. The maximum absolute atomic E-state index is 12.8. The SMILES string of the molecule is O=C(OC1CCCCC1)c1ccc2c(c1)C(=O)N(c1ccccc1Cl)C2=O. The van der Waals surface area contributed by atoms with Crippen LogP contribution in [0, 0.1) is 0 Å². The normalized spacial score (nSPS) is 17.1. The van der Waals surface area contributed by atoms with E-state index < -0.39 is 17.8 Å². The summed E-state index contributed by atoms with van der Waals surface area (Å²) in [4.78, 5) is 39.0. The van der Waals surface area contributed by atoms with E-state index in [-0.39, 0.29) is 22.8 Å². The Hall–Kier alpha value is -2.66. The van der Waals surface area contributed by atoms with Crippen molar-refractivity contribution in [2.24, 2.45) is 0 Å². The number of benzene rings is 2. The summed E-state index contributed by atoms with van der Waals surface area (Å²) in [6, 6.07) is 11.1. The molecule has 0 atom stereocenters. The Kier molecular flexibility index (Phi) is 4.70. The van der Waals surface area contributed by atoms with E-state index in [1.54, 1.807) is 24.3 Å². The lowest BCUT2D eigenvalue weighted by Gasteiger charge is -2.21. The van der Waals surface area contributed by atoms with Crippen molar-refractivity contribution in [3.05, 3.63) is 64.2 Å². The number of para-hydroxylation sites is 1. The van der Waals surface area contributed by atoms with E-state index in [0.717, 1.165) is 30.6 Å². The van der Waals surface area contributed by atoms with Crippen LogP contribution in [0.25, 0.3) is 0 Å². The summed E-state index contributed by atoms with van der Waals surface area (Å²) in [5.41, 5.74) is 1.06. The van der Waals surface area contributed by atoms with Gasteiger partial charge < -0.3 is 4.74 Å². The van der Waals surface area contributed by atoms with Crippen LogP contribution in [-0.2, 0) is 4.74 Å². The summed E-state index contributed by atoms with van der Waals surface area (Å²) in [6.07, 6.45) is 4.95. The molecule has 0 spiro atoms. The monoisotopic (exact) mass is 383 g/mol. The highest BCUT2D eigenvalue weighted by molar-refractivity contribution is 6.39. The maximum Gasteiger partial charge on any atom is 0.338 e. The number of anilines is 1. The van der Waals surface area contributed by atoms with Gasteiger partial charge in [-0.2, -0.15) is 0 Å². The third kappa shape index (κ3) is 3.23. The molecule has 0 saturated heterocycles. The number of imide groups is 1. The number of carbonyl (C=O) groups excluding carboxylic acids is 3. The molecule has 4 rings (SSSR count). The van der Waals surface area contributed by atoms with Gasteiger partial charge in [0.15, 0.2) is 0 Å². The van der Waals surface area contributed by atoms with E-state index in [1.807, 2.05) is 0 Å². The van der Waals surface area contributed by atoms with Gasteiger partial charge in [0, 0.05) is 0 Å². The summed E-state index contributed by atoms with van der Waals surface area (Å²) in [5.74, 6) is -1.40. The molecule has 5 nitrogen and oxygen atoms in total. The topological polar surface area (TPSA) is 63.7 Å². The fourth-order valence-corrected chi connectivity index (χ4v) is 3.84. The van der Waals surface area contributed by atoms with Gasteiger partial charge in [0.25, 0.3) is 11.8 Å². The molecule has 0 N–H and O–H groups in total. The van der Waals surface area contributed by atoms with Gasteiger partial charge in [-0.15, -0.1) is 0 Å². The first kappa shape index (κ1) is 17.7. The molecule has 138 valence electrons. The molecule has 1 fully saturated rings. The molecule has 0 radical (unpaired) electrons. The molecular weight excluding hydrogens is 366 g/mol. The second-order valence-electron chi connectivity index (χ2n) is 6.82. The van der Waals surface area contributed by atoms with Crippen molar-refractivity contribution in [2.45, 2.75) is 38.2 Å². The molecule has 1 saturated carbocycles. The van der Waals surface area contributed by atoms with Gasteiger partial charge in [-0.3, -0.25) is 9.59 Å². The zero-order chi connectivity index (χ0) is 19.0. The molecule has 2 aromatic rings. The highest BCUT2D eigenvalue weighted by Crippen LogP contribution is 2.33. The van der Waals surface area contributed by atoms with Crippen molar-refractivity contribution in [1.82, 2.24) is 0 Å². The van der Waals surface area contributed by atoms with Crippen LogP contribution < -0.4 is 4.90 Å². The Balaban J connectivity index is 1.60.